The number of pyridine rings is 1. The van der Waals surface area contributed by atoms with E-state index in [0.29, 0.717) is 64.5 Å². The normalized spacial score (nSPS) is 13.9. The monoisotopic (exact) mass is 633 g/mol. The summed E-state index contributed by atoms with van der Waals surface area (Å²) in [4.78, 5) is 6.75. The van der Waals surface area contributed by atoms with Gasteiger partial charge in [-0.3, -0.25) is 14.6 Å². The quantitative estimate of drug-likeness (QED) is 0.192. The molecule has 1 aliphatic heterocycles. The molecule has 4 aromatic carbocycles. The molecule has 0 radical (unpaired) electrons. The van der Waals surface area contributed by atoms with Crippen molar-refractivity contribution in [3.05, 3.63) is 84.8 Å². The summed E-state index contributed by atoms with van der Waals surface area (Å²) in [6.45, 7) is 4.38. The van der Waals surface area contributed by atoms with Gasteiger partial charge in [0, 0.05) is 54.1 Å². The van der Waals surface area contributed by atoms with Crippen LogP contribution in [0.15, 0.2) is 83.9 Å². The molecule has 45 heavy (non-hydrogen) atoms. The van der Waals surface area contributed by atoms with Gasteiger partial charge in [-0.2, -0.15) is 0 Å². The molecule has 0 bridgehead atoms. The maximum Gasteiger partial charge on any atom is 0.262 e. The number of benzene rings is 4. The highest BCUT2D eigenvalue weighted by molar-refractivity contribution is 7.93. The van der Waals surface area contributed by atoms with E-state index >= 15 is 4.39 Å². The zero-order valence-electron chi connectivity index (χ0n) is 24.8. The molecule has 2 heterocycles. The Bertz CT molecular complexity index is 1950. The van der Waals surface area contributed by atoms with Crippen molar-refractivity contribution in [1.82, 2.24) is 9.88 Å². The summed E-state index contributed by atoms with van der Waals surface area (Å²) in [5, 5.41) is 1.71. The number of hydrogen-bond donors (Lipinski definition) is 1. The zero-order valence-corrected chi connectivity index (χ0v) is 25.6. The van der Waals surface area contributed by atoms with Crippen molar-refractivity contribution in [3.63, 3.8) is 0 Å². The van der Waals surface area contributed by atoms with Crippen LogP contribution in [0, 0.1) is 5.82 Å². The number of ether oxygens (including phenoxy) is 5. The first-order chi connectivity index (χ1) is 21.9. The van der Waals surface area contributed by atoms with Crippen molar-refractivity contribution in [2.24, 2.45) is 0 Å². The Morgan fingerprint density at radius 2 is 1.60 bits per heavy atom. The second kappa shape index (κ2) is 13.1. The maximum atomic E-state index is 15.3. The molecule has 1 aromatic heterocycles. The number of sulfonamides is 1. The Balaban J connectivity index is 1.20. The average Bonchev–Trinajstić information content (AvgIpc) is 3.05. The summed E-state index contributed by atoms with van der Waals surface area (Å²) in [6.07, 6.45) is 1.56. The van der Waals surface area contributed by atoms with Crippen molar-refractivity contribution in [1.29, 1.82) is 0 Å². The molecule has 0 saturated carbocycles. The van der Waals surface area contributed by atoms with Crippen molar-refractivity contribution in [2.75, 3.05) is 58.4 Å². The molecule has 0 amide bonds. The minimum Gasteiger partial charge on any atom is -0.496 e. The van der Waals surface area contributed by atoms with Gasteiger partial charge < -0.3 is 23.7 Å². The lowest BCUT2D eigenvalue weighted by Gasteiger charge is -2.26. The summed E-state index contributed by atoms with van der Waals surface area (Å²) >= 11 is 0. The van der Waals surface area contributed by atoms with Crippen LogP contribution in [0.3, 0.4) is 0 Å². The Hall–Kier alpha value is -4.65. The van der Waals surface area contributed by atoms with E-state index in [1.54, 1.807) is 61.8 Å². The van der Waals surface area contributed by atoms with Crippen LogP contribution in [0.1, 0.15) is 0 Å². The molecular formula is C33H32FN3O7S. The Morgan fingerprint density at radius 3 is 2.36 bits per heavy atom. The summed E-state index contributed by atoms with van der Waals surface area (Å²) in [7, 11) is -1.000. The first kappa shape index (κ1) is 30.4. The number of nitrogens with one attached hydrogen (secondary N) is 1. The Kier molecular flexibility index (Phi) is 8.87. The molecule has 0 unspecified atom stereocenters. The van der Waals surface area contributed by atoms with E-state index in [9.17, 15) is 8.42 Å². The molecule has 1 saturated heterocycles. The molecule has 0 aliphatic carbocycles. The molecule has 1 aliphatic rings. The molecule has 1 fully saturated rings. The third kappa shape index (κ3) is 6.58. The molecular weight excluding hydrogens is 601 g/mol. The van der Waals surface area contributed by atoms with E-state index in [4.69, 9.17) is 23.7 Å². The average molecular weight is 634 g/mol. The smallest absolute Gasteiger partial charge is 0.262 e. The van der Waals surface area contributed by atoms with Gasteiger partial charge in [0.1, 0.15) is 18.1 Å². The second-order valence-electron chi connectivity index (χ2n) is 10.3. The van der Waals surface area contributed by atoms with Crippen LogP contribution < -0.4 is 23.7 Å². The lowest BCUT2D eigenvalue weighted by atomic mass is 10.1. The van der Waals surface area contributed by atoms with Crippen LogP contribution in [0.2, 0.25) is 0 Å². The highest BCUT2D eigenvalue weighted by Crippen LogP contribution is 2.38. The number of fused-ring (bicyclic) bond motifs is 2. The summed E-state index contributed by atoms with van der Waals surface area (Å²) in [5.41, 5.74) is 0.617. The SMILES string of the molecule is COc1cc2c(Oc3ccc(NS(=O)(=O)c4ccc(OC)c5ccccc45)cc3F)ccnc2cc1OCCN1CCOCC1. The fourth-order valence-corrected chi connectivity index (χ4v) is 6.49. The molecule has 0 atom stereocenters. The van der Waals surface area contributed by atoms with Gasteiger partial charge in [0.2, 0.25) is 0 Å². The molecule has 10 nitrogen and oxygen atoms in total. The third-order valence-corrected chi connectivity index (χ3v) is 8.95. The molecule has 0 spiro atoms. The Labute approximate surface area is 260 Å². The van der Waals surface area contributed by atoms with E-state index in [-0.39, 0.29) is 16.3 Å². The number of methoxy groups -OCH3 is 2. The van der Waals surface area contributed by atoms with Crippen LogP contribution in [0.4, 0.5) is 10.1 Å². The first-order valence-corrected chi connectivity index (χ1v) is 15.8. The van der Waals surface area contributed by atoms with E-state index in [0.717, 1.165) is 25.7 Å². The first-order valence-electron chi connectivity index (χ1n) is 14.3. The van der Waals surface area contributed by atoms with Crippen LogP contribution in [0.25, 0.3) is 21.7 Å². The number of anilines is 1. The van der Waals surface area contributed by atoms with Crippen molar-refractivity contribution in [2.45, 2.75) is 4.90 Å². The van der Waals surface area contributed by atoms with Crippen LogP contribution in [-0.4, -0.2) is 72.0 Å². The lowest BCUT2D eigenvalue weighted by molar-refractivity contribution is 0.0321. The highest BCUT2D eigenvalue weighted by atomic mass is 32.2. The Morgan fingerprint density at radius 1 is 0.844 bits per heavy atom. The molecule has 1 N–H and O–H groups in total. The van der Waals surface area contributed by atoms with Gasteiger partial charge in [0.05, 0.1) is 43.5 Å². The van der Waals surface area contributed by atoms with Crippen LogP contribution in [0.5, 0.6) is 28.7 Å². The lowest BCUT2D eigenvalue weighted by Crippen LogP contribution is -2.38. The maximum absolute atomic E-state index is 15.3. The second-order valence-corrected chi connectivity index (χ2v) is 11.9. The van der Waals surface area contributed by atoms with Crippen LogP contribution in [-0.2, 0) is 14.8 Å². The number of hydrogen-bond acceptors (Lipinski definition) is 9. The van der Waals surface area contributed by atoms with Gasteiger partial charge in [-0.1, -0.05) is 24.3 Å². The molecule has 12 heteroatoms. The van der Waals surface area contributed by atoms with Gasteiger partial charge in [-0.05, 0) is 36.4 Å². The standard InChI is InChI=1S/C33H32FN3O7S/c1-40-28-9-10-33(24-6-4-3-5-23(24)28)45(38,39)36-22-7-8-30(26(34)19-22)44-29-11-12-35-27-21-32(31(41-2)20-25(27)29)43-18-15-37-13-16-42-17-14-37/h3-12,19-21,36H,13-18H2,1-2H3. The van der Waals surface area contributed by atoms with E-state index in [2.05, 4.69) is 14.6 Å². The largest absolute Gasteiger partial charge is 0.496 e. The predicted octanol–water partition coefficient (Wildman–Crippen LogP) is 5.85. The van der Waals surface area contributed by atoms with Crippen molar-refractivity contribution >= 4 is 37.4 Å². The van der Waals surface area contributed by atoms with Crippen molar-refractivity contribution in [3.8, 4) is 28.7 Å². The van der Waals surface area contributed by atoms with Crippen molar-refractivity contribution < 1.29 is 36.5 Å². The predicted molar refractivity (Wildman–Crippen MR) is 169 cm³/mol. The zero-order chi connectivity index (χ0) is 31.4. The molecule has 6 rings (SSSR count). The minimum absolute atomic E-state index is 0.0416. The molecule has 5 aromatic rings. The number of aromatic nitrogens is 1. The van der Waals surface area contributed by atoms with Gasteiger partial charge in [0.15, 0.2) is 23.1 Å². The molecule has 234 valence electrons. The van der Waals surface area contributed by atoms with Gasteiger partial charge in [-0.15, -0.1) is 0 Å². The number of nitrogens with zero attached hydrogens (tertiary/aromatic N) is 2. The topological polar surface area (TPSA) is 108 Å². The van der Waals surface area contributed by atoms with E-state index in [1.165, 1.54) is 25.3 Å². The summed E-state index contributed by atoms with van der Waals surface area (Å²) in [6, 6.07) is 19.0. The van der Waals surface area contributed by atoms with Gasteiger partial charge >= 0.3 is 0 Å². The van der Waals surface area contributed by atoms with Gasteiger partial charge in [-0.25, -0.2) is 12.8 Å². The van der Waals surface area contributed by atoms with Crippen LogP contribution >= 0.6 is 0 Å². The number of morpholine rings is 1. The number of halogens is 1. The van der Waals surface area contributed by atoms with E-state index in [1.807, 2.05) is 0 Å². The fraction of sp³-hybridized carbons (Fsp3) is 0.242. The summed E-state index contributed by atoms with van der Waals surface area (Å²) in [5.74, 6) is 1.06. The summed E-state index contributed by atoms with van der Waals surface area (Å²) < 4.78 is 72.8. The minimum atomic E-state index is -4.06. The highest BCUT2D eigenvalue weighted by Gasteiger charge is 2.21. The number of rotatable bonds is 11. The fourth-order valence-electron chi connectivity index (χ4n) is 5.23. The third-order valence-electron chi connectivity index (χ3n) is 7.51. The van der Waals surface area contributed by atoms with Gasteiger partial charge in [0.25, 0.3) is 10.0 Å². The van der Waals surface area contributed by atoms with E-state index < -0.39 is 15.8 Å².